The molecule has 9 heteroatoms. The second kappa shape index (κ2) is 8.19. The van der Waals surface area contributed by atoms with Crippen molar-refractivity contribution in [1.29, 1.82) is 0 Å². The minimum atomic E-state index is -3.67. The third kappa shape index (κ3) is 4.83. The van der Waals surface area contributed by atoms with Gasteiger partial charge in [0.1, 0.15) is 11.6 Å². The van der Waals surface area contributed by atoms with Crippen LogP contribution in [0.5, 0.6) is 5.75 Å². The highest BCUT2D eigenvalue weighted by molar-refractivity contribution is 7.89. The summed E-state index contributed by atoms with van der Waals surface area (Å²) in [6.07, 6.45) is 0.0234. The molecule has 0 fully saturated rings. The Labute approximate surface area is 157 Å². The second-order valence-corrected chi connectivity index (χ2v) is 7.57. The summed E-state index contributed by atoms with van der Waals surface area (Å²) in [6.45, 7) is 0.249. The van der Waals surface area contributed by atoms with Crippen LogP contribution in [0.15, 0.2) is 53.4 Å². The molecule has 1 heterocycles. The summed E-state index contributed by atoms with van der Waals surface area (Å²) in [5.41, 5.74) is 1.73. The van der Waals surface area contributed by atoms with Crippen LogP contribution >= 0.6 is 0 Å². The monoisotopic (exact) mass is 388 g/mol. The molecular formula is C18H20N4O4S. The van der Waals surface area contributed by atoms with E-state index >= 15 is 0 Å². The topological polar surface area (TPSA) is 113 Å². The number of amides is 1. The van der Waals surface area contributed by atoms with E-state index in [9.17, 15) is 13.2 Å². The van der Waals surface area contributed by atoms with Crippen molar-refractivity contribution in [1.82, 2.24) is 20.0 Å². The molecule has 3 N–H and O–H groups in total. The van der Waals surface area contributed by atoms with E-state index in [-0.39, 0.29) is 30.3 Å². The van der Waals surface area contributed by atoms with E-state index in [1.165, 1.54) is 19.2 Å². The van der Waals surface area contributed by atoms with Crippen molar-refractivity contribution in [3.63, 3.8) is 0 Å². The van der Waals surface area contributed by atoms with E-state index in [0.29, 0.717) is 11.6 Å². The lowest BCUT2D eigenvalue weighted by molar-refractivity contribution is -0.121. The van der Waals surface area contributed by atoms with Crippen molar-refractivity contribution in [2.75, 3.05) is 13.7 Å². The normalized spacial score (nSPS) is 11.4. The van der Waals surface area contributed by atoms with Crippen molar-refractivity contribution in [2.24, 2.45) is 0 Å². The lowest BCUT2D eigenvalue weighted by Gasteiger charge is -2.08. The maximum atomic E-state index is 12.2. The Kier molecular flexibility index (Phi) is 5.72. The van der Waals surface area contributed by atoms with Crippen LogP contribution in [0.4, 0.5) is 0 Å². The SMILES string of the molecule is COc1ccc(S(=O)(=O)NCCC(=O)NCc2nc3ccccc3[nH]2)cc1. The first kappa shape index (κ1) is 18.9. The Bertz CT molecular complexity index is 996. The molecule has 0 unspecified atom stereocenters. The molecule has 0 aliphatic rings. The molecule has 0 aliphatic heterocycles. The first-order valence-corrected chi connectivity index (χ1v) is 9.80. The van der Waals surface area contributed by atoms with Gasteiger partial charge in [0.05, 0.1) is 29.6 Å². The molecule has 3 rings (SSSR count). The number of imidazole rings is 1. The maximum Gasteiger partial charge on any atom is 0.240 e. The molecule has 0 saturated heterocycles. The molecule has 0 bridgehead atoms. The van der Waals surface area contributed by atoms with Crippen LogP contribution in [0.1, 0.15) is 12.2 Å². The molecule has 1 amide bonds. The van der Waals surface area contributed by atoms with Gasteiger partial charge in [0, 0.05) is 13.0 Å². The fourth-order valence-corrected chi connectivity index (χ4v) is 3.53. The number of aromatic amines is 1. The second-order valence-electron chi connectivity index (χ2n) is 5.80. The van der Waals surface area contributed by atoms with Crippen molar-refractivity contribution >= 4 is 27.0 Å². The number of fused-ring (bicyclic) bond motifs is 1. The molecule has 2 aromatic carbocycles. The van der Waals surface area contributed by atoms with E-state index in [4.69, 9.17) is 4.74 Å². The van der Waals surface area contributed by atoms with E-state index < -0.39 is 10.0 Å². The third-order valence-electron chi connectivity index (χ3n) is 3.91. The van der Waals surface area contributed by atoms with Gasteiger partial charge in [0.15, 0.2) is 0 Å². The number of rotatable bonds is 8. The molecule has 142 valence electrons. The first-order chi connectivity index (χ1) is 13.0. The van der Waals surface area contributed by atoms with E-state index in [1.54, 1.807) is 12.1 Å². The van der Waals surface area contributed by atoms with Gasteiger partial charge >= 0.3 is 0 Å². The summed E-state index contributed by atoms with van der Waals surface area (Å²) >= 11 is 0. The Morgan fingerprint density at radius 2 is 1.89 bits per heavy atom. The standard InChI is InChI=1S/C18H20N4O4S/c1-26-13-6-8-14(9-7-13)27(24,25)20-11-10-18(23)19-12-17-21-15-4-2-3-5-16(15)22-17/h2-9,20H,10-12H2,1H3,(H,19,23)(H,21,22). The number of sulfonamides is 1. The summed E-state index contributed by atoms with van der Waals surface area (Å²) < 4.78 is 31.8. The number of hydrogen-bond acceptors (Lipinski definition) is 5. The highest BCUT2D eigenvalue weighted by Crippen LogP contribution is 2.15. The summed E-state index contributed by atoms with van der Waals surface area (Å²) in [7, 11) is -2.16. The molecule has 8 nitrogen and oxygen atoms in total. The number of hydrogen-bond donors (Lipinski definition) is 3. The van der Waals surface area contributed by atoms with Crippen molar-refractivity contribution in [2.45, 2.75) is 17.9 Å². The number of aromatic nitrogens is 2. The Hall–Kier alpha value is -2.91. The smallest absolute Gasteiger partial charge is 0.240 e. The van der Waals surface area contributed by atoms with Gasteiger partial charge in [0.25, 0.3) is 0 Å². The Morgan fingerprint density at radius 1 is 1.15 bits per heavy atom. The fraction of sp³-hybridized carbons (Fsp3) is 0.222. The van der Waals surface area contributed by atoms with Crippen LogP contribution in [0.25, 0.3) is 11.0 Å². The van der Waals surface area contributed by atoms with E-state index in [1.807, 2.05) is 24.3 Å². The molecule has 27 heavy (non-hydrogen) atoms. The third-order valence-corrected chi connectivity index (χ3v) is 5.38. The summed E-state index contributed by atoms with van der Waals surface area (Å²) in [5.74, 6) is 0.940. The van der Waals surface area contributed by atoms with Gasteiger partial charge < -0.3 is 15.0 Å². The molecule has 3 aromatic rings. The largest absolute Gasteiger partial charge is 0.497 e. The molecule has 0 spiro atoms. The van der Waals surface area contributed by atoms with Gasteiger partial charge in [-0.3, -0.25) is 4.79 Å². The van der Waals surface area contributed by atoms with Gasteiger partial charge in [-0.05, 0) is 36.4 Å². The van der Waals surface area contributed by atoms with Crippen molar-refractivity contribution in [3.8, 4) is 5.75 Å². The number of ether oxygens (including phenoxy) is 1. The zero-order valence-corrected chi connectivity index (χ0v) is 15.5. The molecule has 0 radical (unpaired) electrons. The van der Waals surface area contributed by atoms with Crippen LogP contribution in [0.3, 0.4) is 0 Å². The van der Waals surface area contributed by atoms with Gasteiger partial charge in [-0.15, -0.1) is 0 Å². The summed E-state index contributed by atoms with van der Waals surface area (Å²) in [5, 5.41) is 2.72. The molecular weight excluding hydrogens is 368 g/mol. The van der Waals surface area contributed by atoms with E-state index in [0.717, 1.165) is 11.0 Å². The minimum Gasteiger partial charge on any atom is -0.497 e. The predicted molar refractivity (Wildman–Crippen MR) is 101 cm³/mol. The summed E-state index contributed by atoms with van der Waals surface area (Å²) in [6, 6.07) is 13.6. The molecule has 1 aromatic heterocycles. The van der Waals surface area contributed by atoms with Crippen LogP contribution in [0.2, 0.25) is 0 Å². The number of para-hydroxylation sites is 2. The van der Waals surface area contributed by atoms with Crippen molar-refractivity contribution < 1.29 is 17.9 Å². The Morgan fingerprint density at radius 3 is 2.59 bits per heavy atom. The number of benzene rings is 2. The highest BCUT2D eigenvalue weighted by Gasteiger charge is 2.14. The number of carbonyl (C=O) groups excluding carboxylic acids is 1. The molecule has 0 aliphatic carbocycles. The highest BCUT2D eigenvalue weighted by atomic mass is 32.2. The lowest BCUT2D eigenvalue weighted by atomic mass is 10.3. The van der Waals surface area contributed by atoms with Gasteiger partial charge in [-0.1, -0.05) is 12.1 Å². The summed E-state index contributed by atoms with van der Waals surface area (Å²) in [4.78, 5) is 19.5. The minimum absolute atomic E-state index is 0.000324. The number of nitrogens with one attached hydrogen (secondary N) is 3. The van der Waals surface area contributed by atoms with Crippen LogP contribution in [-0.4, -0.2) is 37.9 Å². The number of nitrogens with zero attached hydrogens (tertiary/aromatic N) is 1. The zero-order chi connectivity index (χ0) is 19.3. The average molecular weight is 388 g/mol. The van der Waals surface area contributed by atoms with Crippen LogP contribution < -0.4 is 14.8 Å². The molecule has 0 saturated carbocycles. The van der Waals surface area contributed by atoms with Crippen molar-refractivity contribution in [3.05, 3.63) is 54.4 Å². The van der Waals surface area contributed by atoms with E-state index in [2.05, 4.69) is 20.0 Å². The first-order valence-electron chi connectivity index (χ1n) is 8.32. The van der Waals surface area contributed by atoms with Gasteiger partial charge in [-0.2, -0.15) is 0 Å². The average Bonchev–Trinajstić information content (AvgIpc) is 3.09. The molecule has 0 atom stereocenters. The quantitative estimate of drug-likeness (QED) is 0.542. The predicted octanol–water partition coefficient (Wildman–Crippen LogP) is 1.56. The maximum absolute atomic E-state index is 12.2. The number of methoxy groups -OCH3 is 1. The van der Waals surface area contributed by atoms with Crippen LogP contribution in [0, 0.1) is 0 Å². The fourth-order valence-electron chi connectivity index (χ4n) is 2.50. The Balaban J connectivity index is 1.47. The van der Waals surface area contributed by atoms with Gasteiger partial charge in [-0.25, -0.2) is 18.1 Å². The van der Waals surface area contributed by atoms with Gasteiger partial charge in [0.2, 0.25) is 15.9 Å². The lowest BCUT2D eigenvalue weighted by Crippen LogP contribution is -2.30. The number of carbonyl (C=O) groups is 1. The zero-order valence-electron chi connectivity index (χ0n) is 14.7. The van der Waals surface area contributed by atoms with Crippen LogP contribution in [-0.2, 0) is 21.4 Å². The number of H-pyrrole nitrogens is 1.